The van der Waals surface area contributed by atoms with Gasteiger partial charge in [0.25, 0.3) is 11.8 Å². The second-order valence-corrected chi connectivity index (χ2v) is 6.40. The van der Waals surface area contributed by atoms with Crippen molar-refractivity contribution in [3.05, 3.63) is 60.1 Å². The normalized spacial score (nSPS) is 16.4. The Labute approximate surface area is 147 Å². The van der Waals surface area contributed by atoms with Crippen molar-refractivity contribution in [1.29, 1.82) is 0 Å². The second kappa shape index (κ2) is 7.98. The fourth-order valence-corrected chi connectivity index (χ4v) is 3.10. The summed E-state index contributed by atoms with van der Waals surface area (Å²) in [6, 6.07) is 13.3. The first-order chi connectivity index (χ1) is 12.1. The van der Waals surface area contributed by atoms with Crippen molar-refractivity contribution in [2.75, 3.05) is 32.7 Å². The van der Waals surface area contributed by atoms with Crippen LogP contribution in [0.25, 0.3) is 0 Å². The zero-order chi connectivity index (χ0) is 17.6. The molecule has 2 aromatic rings. The third kappa shape index (κ3) is 4.48. The maximum atomic E-state index is 12.3. The number of benzene rings is 1. The van der Waals surface area contributed by atoms with Gasteiger partial charge in [0.2, 0.25) is 0 Å². The lowest BCUT2D eigenvalue weighted by atomic mass is 10.1. The summed E-state index contributed by atoms with van der Waals surface area (Å²) in [5, 5.41) is 3.04. The second-order valence-electron chi connectivity index (χ2n) is 6.40. The highest BCUT2D eigenvalue weighted by molar-refractivity contribution is 5.91. The number of rotatable bonds is 5. The van der Waals surface area contributed by atoms with E-state index >= 15 is 0 Å². The lowest BCUT2D eigenvalue weighted by Crippen LogP contribution is -3.15. The van der Waals surface area contributed by atoms with E-state index in [1.807, 2.05) is 37.3 Å². The van der Waals surface area contributed by atoms with Crippen LogP contribution < -0.4 is 10.2 Å². The predicted molar refractivity (Wildman–Crippen MR) is 93.2 cm³/mol. The molecule has 3 rings (SSSR count). The molecule has 0 unspecified atom stereocenters. The maximum Gasteiger partial charge on any atom is 0.289 e. The quantitative estimate of drug-likeness (QED) is 0.831. The van der Waals surface area contributed by atoms with Crippen LogP contribution in [0.3, 0.4) is 0 Å². The number of furan rings is 1. The molecule has 1 saturated heterocycles. The maximum absolute atomic E-state index is 12.3. The molecule has 1 atom stereocenters. The Morgan fingerprint density at radius 2 is 1.88 bits per heavy atom. The van der Waals surface area contributed by atoms with E-state index in [9.17, 15) is 9.59 Å². The Balaban J connectivity index is 1.44. The minimum Gasteiger partial charge on any atom is -0.459 e. The van der Waals surface area contributed by atoms with Crippen LogP contribution in [0.1, 0.15) is 29.1 Å². The van der Waals surface area contributed by atoms with E-state index in [1.54, 1.807) is 17.0 Å². The molecule has 1 aromatic heterocycles. The molecule has 1 fully saturated rings. The molecule has 0 bridgehead atoms. The van der Waals surface area contributed by atoms with Crippen molar-refractivity contribution in [1.82, 2.24) is 10.2 Å². The molecule has 2 N–H and O–H groups in total. The van der Waals surface area contributed by atoms with Crippen LogP contribution in [0.2, 0.25) is 0 Å². The molecule has 6 nitrogen and oxygen atoms in total. The highest BCUT2D eigenvalue weighted by atomic mass is 16.3. The van der Waals surface area contributed by atoms with Gasteiger partial charge in [0.05, 0.1) is 38.5 Å². The summed E-state index contributed by atoms with van der Waals surface area (Å²) in [5.74, 6) is 0.334. The van der Waals surface area contributed by atoms with Crippen molar-refractivity contribution in [3.63, 3.8) is 0 Å². The standard InChI is InChI=1S/C19H23N3O3/c1-15(16-6-3-2-4-7-16)20-18(23)14-21-9-11-22(12-10-21)19(24)17-8-5-13-25-17/h2-8,13,15H,9-12,14H2,1H3,(H,20,23)/p+1/t15-/m1/s1. The summed E-state index contributed by atoms with van der Waals surface area (Å²) in [6.45, 7) is 5.22. The molecule has 132 valence electrons. The van der Waals surface area contributed by atoms with Gasteiger partial charge in [-0.15, -0.1) is 0 Å². The van der Waals surface area contributed by atoms with Gasteiger partial charge in [-0.3, -0.25) is 9.59 Å². The van der Waals surface area contributed by atoms with E-state index in [0.29, 0.717) is 25.4 Å². The zero-order valence-corrected chi connectivity index (χ0v) is 14.4. The van der Waals surface area contributed by atoms with Gasteiger partial charge in [-0.05, 0) is 24.6 Å². The zero-order valence-electron chi connectivity index (χ0n) is 14.4. The van der Waals surface area contributed by atoms with Crippen LogP contribution in [0.15, 0.2) is 53.1 Å². The van der Waals surface area contributed by atoms with Gasteiger partial charge < -0.3 is 19.5 Å². The number of carbonyl (C=O) groups is 2. The van der Waals surface area contributed by atoms with Crippen LogP contribution in [0.5, 0.6) is 0 Å². The molecule has 6 heteroatoms. The molecule has 1 aromatic carbocycles. The minimum atomic E-state index is -0.0776. The number of piperazine rings is 1. The summed E-state index contributed by atoms with van der Waals surface area (Å²) in [6.07, 6.45) is 1.51. The number of carbonyl (C=O) groups excluding carboxylic acids is 2. The molecule has 2 heterocycles. The number of amides is 2. The van der Waals surface area contributed by atoms with E-state index in [1.165, 1.54) is 11.2 Å². The molecule has 25 heavy (non-hydrogen) atoms. The van der Waals surface area contributed by atoms with Gasteiger partial charge in [0, 0.05) is 0 Å². The van der Waals surface area contributed by atoms with Gasteiger partial charge in [-0.1, -0.05) is 30.3 Å². The van der Waals surface area contributed by atoms with Crippen molar-refractivity contribution in [2.24, 2.45) is 0 Å². The van der Waals surface area contributed by atoms with E-state index < -0.39 is 0 Å². The highest BCUT2D eigenvalue weighted by Gasteiger charge is 2.27. The summed E-state index contributed by atoms with van der Waals surface area (Å²) in [4.78, 5) is 27.5. The number of nitrogens with zero attached hydrogens (tertiary/aromatic N) is 1. The molecule has 1 aliphatic heterocycles. The Bertz CT molecular complexity index is 692. The van der Waals surface area contributed by atoms with Crippen LogP contribution >= 0.6 is 0 Å². The first-order valence-electron chi connectivity index (χ1n) is 8.64. The number of hydrogen-bond acceptors (Lipinski definition) is 3. The van der Waals surface area contributed by atoms with E-state index in [2.05, 4.69) is 5.32 Å². The number of hydrogen-bond donors (Lipinski definition) is 2. The molecule has 1 aliphatic rings. The van der Waals surface area contributed by atoms with Crippen molar-refractivity contribution in [3.8, 4) is 0 Å². The monoisotopic (exact) mass is 342 g/mol. The molecular formula is C19H24N3O3+. The average Bonchev–Trinajstić information content (AvgIpc) is 3.17. The Kier molecular flexibility index (Phi) is 5.50. The smallest absolute Gasteiger partial charge is 0.289 e. The molecule has 0 spiro atoms. The first kappa shape index (κ1) is 17.2. The third-order valence-electron chi connectivity index (χ3n) is 4.58. The molecule has 2 amide bonds. The summed E-state index contributed by atoms with van der Waals surface area (Å²) >= 11 is 0. The number of nitrogens with one attached hydrogen (secondary N) is 2. The fraction of sp³-hybridized carbons (Fsp3) is 0.368. The molecule has 0 saturated carbocycles. The lowest BCUT2D eigenvalue weighted by molar-refractivity contribution is -0.896. The third-order valence-corrected chi connectivity index (χ3v) is 4.58. The summed E-state index contributed by atoms with van der Waals surface area (Å²) < 4.78 is 5.16. The van der Waals surface area contributed by atoms with E-state index in [4.69, 9.17) is 4.42 Å². The van der Waals surface area contributed by atoms with Gasteiger partial charge in [0.1, 0.15) is 0 Å². The van der Waals surface area contributed by atoms with Crippen molar-refractivity contribution in [2.45, 2.75) is 13.0 Å². The summed E-state index contributed by atoms with van der Waals surface area (Å²) in [7, 11) is 0. The lowest BCUT2D eigenvalue weighted by Gasteiger charge is -2.31. The minimum absolute atomic E-state index is 0.00470. The van der Waals surface area contributed by atoms with Crippen LogP contribution in [0, 0.1) is 0 Å². The van der Waals surface area contributed by atoms with Crippen molar-refractivity contribution >= 4 is 11.8 Å². The van der Waals surface area contributed by atoms with E-state index in [0.717, 1.165) is 18.7 Å². The average molecular weight is 342 g/mol. The Morgan fingerprint density at radius 3 is 2.52 bits per heavy atom. The summed E-state index contributed by atoms with van der Waals surface area (Å²) in [5.41, 5.74) is 1.10. The molecule has 0 aliphatic carbocycles. The largest absolute Gasteiger partial charge is 0.459 e. The SMILES string of the molecule is C[C@@H](NC(=O)C[NH+]1CCN(C(=O)c2ccco2)CC1)c1ccccc1. The fourth-order valence-electron chi connectivity index (χ4n) is 3.10. The predicted octanol–water partition coefficient (Wildman–Crippen LogP) is 0.498. The Morgan fingerprint density at radius 1 is 1.16 bits per heavy atom. The van der Waals surface area contributed by atoms with Gasteiger partial charge in [0.15, 0.2) is 12.3 Å². The first-order valence-corrected chi connectivity index (χ1v) is 8.64. The van der Waals surface area contributed by atoms with Gasteiger partial charge >= 0.3 is 0 Å². The van der Waals surface area contributed by atoms with Crippen molar-refractivity contribution < 1.29 is 18.9 Å². The molecular weight excluding hydrogens is 318 g/mol. The van der Waals surface area contributed by atoms with Gasteiger partial charge in [-0.2, -0.15) is 0 Å². The van der Waals surface area contributed by atoms with Crippen LogP contribution in [-0.4, -0.2) is 49.4 Å². The highest BCUT2D eigenvalue weighted by Crippen LogP contribution is 2.10. The van der Waals surface area contributed by atoms with Crippen LogP contribution in [0.4, 0.5) is 0 Å². The van der Waals surface area contributed by atoms with E-state index in [-0.39, 0.29) is 17.9 Å². The molecule has 0 radical (unpaired) electrons. The topological polar surface area (TPSA) is 67.0 Å². The Hall–Kier alpha value is -2.60. The van der Waals surface area contributed by atoms with Gasteiger partial charge in [-0.25, -0.2) is 0 Å². The number of quaternary nitrogens is 1. The van der Waals surface area contributed by atoms with Crippen LogP contribution in [-0.2, 0) is 4.79 Å².